The first-order valence-electron chi connectivity index (χ1n) is 6.73. The second-order valence-electron chi connectivity index (χ2n) is 4.81. The zero-order valence-electron chi connectivity index (χ0n) is 11.5. The molecule has 1 aliphatic heterocycles. The average molecular weight is 263 g/mol. The molecule has 0 aromatic carbocycles. The lowest BCUT2D eigenvalue weighted by molar-refractivity contribution is -0.124. The van der Waals surface area contributed by atoms with E-state index in [2.05, 4.69) is 20.2 Å². The van der Waals surface area contributed by atoms with Gasteiger partial charge in [-0.2, -0.15) is 0 Å². The number of nitrogens with one attached hydrogen (secondary N) is 1. The lowest BCUT2D eigenvalue weighted by Crippen LogP contribution is -2.43. The molecule has 0 saturated carbocycles. The Morgan fingerprint density at radius 3 is 3.05 bits per heavy atom. The number of rotatable bonds is 3. The van der Waals surface area contributed by atoms with E-state index in [1.165, 1.54) is 6.33 Å². The lowest BCUT2D eigenvalue weighted by Gasteiger charge is -2.33. The normalized spacial score (nSPS) is 19.3. The number of aromatic nitrogens is 2. The van der Waals surface area contributed by atoms with Crippen molar-refractivity contribution in [2.45, 2.75) is 26.2 Å². The average Bonchev–Trinajstić information content (AvgIpc) is 2.46. The molecule has 2 heterocycles. The Hall–Kier alpha value is -1.85. The van der Waals surface area contributed by atoms with E-state index in [4.69, 9.17) is 5.73 Å². The summed E-state index contributed by atoms with van der Waals surface area (Å²) in [5.74, 6) is 1.54. The molecule has 0 radical (unpaired) electrons. The minimum absolute atomic E-state index is 0.0274. The lowest BCUT2D eigenvalue weighted by atomic mass is 9.96. The Balaban J connectivity index is 2.22. The number of hydrogen-bond acceptors (Lipinski definition) is 5. The molecular formula is C13H21N5O. The highest BCUT2D eigenvalue weighted by molar-refractivity contribution is 5.79. The fourth-order valence-electron chi connectivity index (χ4n) is 2.62. The van der Waals surface area contributed by atoms with Crippen molar-refractivity contribution in [1.29, 1.82) is 0 Å². The van der Waals surface area contributed by atoms with E-state index in [0.29, 0.717) is 12.4 Å². The van der Waals surface area contributed by atoms with Crippen LogP contribution in [-0.2, 0) is 11.2 Å². The predicted octanol–water partition coefficient (Wildman–Crippen LogP) is 0.584. The maximum Gasteiger partial charge on any atom is 0.224 e. The van der Waals surface area contributed by atoms with Crippen molar-refractivity contribution in [3.8, 4) is 0 Å². The SMILES string of the molecule is CCc1c(N)ncnc1N1CCCC(C(=O)NC)C1. The molecule has 1 fully saturated rings. The molecule has 6 heteroatoms. The highest BCUT2D eigenvalue weighted by atomic mass is 16.1. The molecule has 1 atom stereocenters. The molecule has 104 valence electrons. The maximum atomic E-state index is 11.8. The molecule has 0 spiro atoms. The Kier molecular flexibility index (Phi) is 4.19. The van der Waals surface area contributed by atoms with Gasteiger partial charge in [-0.3, -0.25) is 4.79 Å². The zero-order chi connectivity index (χ0) is 13.8. The molecule has 1 saturated heterocycles. The smallest absolute Gasteiger partial charge is 0.224 e. The van der Waals surface area contributed by atoms with Gasteiger partial charge in [-0.25, -0.2) is 9.97 Å². The standard InChI is InChI=1S/C13H21N5O/c1-3-10-11(14)16-8-17-12(10)18-6-4-5-9(7-18)13(19)15-2/h8-9H,3-7H2,1-2H3,(H,15,19)(H2,14,16,17). The highest BCUT2D eigenvalue weighted by Crippen LogP contribution is 2.27. The quantitative estimate of drug-likeness (QED) is 0.833. The van der Waals surface area contributed by atoms with Crippen LogP contribution in [0, 0.1) is 5.92 Å². The van der Waals surface area contributed by atoms with E-state index >= 15 is 0 Å². The van der Waals surface area contributed by atoms with Crippen LogP contribution in [0.1, 0.15) is 25.3 Å². The van der Waals surface area contributed by atoms with Crippen LogP contribution in [0.3, 0.4) is 0 Å². The van der Waals surface area contributed by atoms with Crippen molar-refractivity contribution >= 4 is 17.5 Å². The zero-order valence-corrected chi connectivity index (χ0v) is 11.5. The van der Waals surface area contributed by atoms with Gasteiger partial charge in [-0.05, 0) is 19.3 Å². The Labute approximate surface area is 113 Å². The number of amides is 1. The van der Waals surface area contributed by atoms with Crippen molar-refractivity contribution in [3.63, 3.8) is 0 Å². The second kappa shape index (κ2) is 5.86. The van der Waals surface area contributed by atoms with Crippen molar-refractivity contribution in [1.82, 2.24) is 15.3 Å². The first kappa shape index (κ1) is 13.6. The number of nitrogen functional groups attached to an aromatic ring is 1. The van der Waals surface area contributed by atoms with E-state index in [1.807, 2.05) is 6.92 Å². The third-order valence-corrected chi connectivity index (χ3v) is 3.65. The maximum absolute atomic E-state index is 11.8. The molecule has 1 amide bonds. The topological polar surface area (TPSA) is 84.1 Å². The molecule has 2 rings (SSSR count). The van der Waals surface area contributed by atoms with Gasteiger partial charge in [-0.15, -0.1) is 0 Å². The van der Waals surface area contributed by atoms with Gasteiger partial charge in [0.05, 0.1) is 5.92 Å². The molecule has 3 N–H and O–H groups in total. The molecular weight excluding hydrogens is 242 g/mol. The van der Waals surface area contributed by atoms with E-state index in [9.17, 15) is 4.79 Å². The van der Waals surface area contributed by atoms with E-state index in [1.54, 1.807) is 7.05 Å². The summed E-state index contributed by atoms with van der Waals surface area (Å²) in [5.41, 5.74) is 6.87. The van der Waals surface area contributed by atoms with Crippen LogP contribution >= 0.6 is 0 Å². The van der Waals surface area contributed by atoms with Crippen LogP contribution in [0.2, 0.25) is 0 Å². The van der Waals surface area contributed by atoms with Crippen molar-refractivity contribution in [2.24, 2.45) is 5.92 Å². The van der Waals surface area contributed by atoms with E-state index in [0.717, 1.165) is 37.2 Å². The molecule has 6 nitrogen and oxygen atoms in total. The summed E-state index contributed by atoms with van der Waals surface area (Å²) in [7, 11) is 1.68. The Morgan fingerprint density at radius 2 is 2.37 bits per heavy atom. The van der Waals surface area contributed by atoms with Gasteiger partial charge >= 0.3 is 0 Å². The molecule has 1 aromatic rings. The van der Waals surface area contributed by atoms with Gasteiger partial charge < -0.3 is 16.0 Å². The third kappa shape index (κ3) is 2.77. The predicted molar refractivity (Wildman–Crippen MR) is 74.8 cm³/mol. The number of hydrogen-bond donors (Lipinski definition) is 2. The highest BCUT2D eigenvalue weighted by Gasteiger charge is 2.27. The summed E-state index contributed by atoms with van der Waals surface area (Å²) in [6, 6.07) is 0. The van der Waals surface area contributed by atoms with Crippen LogP contribution in [0.15, 0.2) is 6.33 Å². The Bertz CT molecular complexity index is 462. The second-order valence-corrected chi connectivity index (χ2v) is 4.81. The van der Waals surface area contributed by atoms with Crippen molar-refractivity contribution in [3.05, 3.63) is 11.9 Å². The number of carbonyl (C=O) groups is 1. The monoisotopic (exact) mass is 263 g/mol. The number of anilines is 2. The molecule has 0 bridgehead atoms. The van der Waals surface area contributed by atoms with Gasteiger partial charge in [0.15, 0.2) is 0 Å². The third-order valence-electron chi connectivity index (χ3n) is 3.65. The molecule has 1 unspecified atom stereocenters. The summed E-state index contributed by atoms with van der Waals surface area (Å²) < 4.78 is 0. The number of nitrogens with zero attached hydrogens (tertiary/aromatic N) is 3. The summed E-state index contributed by atoms with van der Waals surface area (Å²) in [6.07, 6.45) is 4.21. The molecule has 1 aromatic heterocycles. The van der Waals surface area contributed by atoms with Crippen molar-refractivity contribution in [2.75, 3.05) is 30.8 Å². The minimum atomic E-state index is 0.0274. The number of piperidine rings is 1. The van der Waals surface area contributed by atoms with Crippen molar-refractivity contribution < 1.29 is 4.79 Å². The van der Waals surface area contributed by atoms with E-state index in [-0.39, 0.29) is 11.8 Å². The van der Waals surface area contributed by atoms with Crippen LogP contribution in [0.4, 0.5) is 11.6 Å². The van der Waals surface area contributed by atoms with Gasteiger partial charge in [0.1, 0.15) is 18.0 Å². The van der Waals surface area contributed by atoms with Crippen LogP contribution in [-0.4, -0.2) is 36.0 Å². The molecule has 1 aliphatic rings. The summed E-state index contributed by atoms with van der Waals surface area (Å²) >= 11 is 0. The molecule has 19 heavy (non-hydrogen) atoms. The fraction of sp³-hybridized carbons (Fsp3) is 0.615. The first-order chi connectivity index (χ1) is 9.17. The number of nitrogens with two attached hydrogens (primary N) is 1. The first-order valence-corrected chi connectivity index (χ1v) is 6.73. The summed E-state index contributed by atoms with van der Waals surface area (Å²) in [6.45, 7) is 3.65. The Morgan fingerprint density at radius 1 is 1.58 bits per heavy atom. The van der Waals surface area contributed by atoms with Crippen LogP contribution in [0.5, 0.6) is 0 Å². The number of carbonyl (C=O) groups excluding carboxylic acids is 1. The van der Waals surface area contributed by atoms with Crippen LogP contribution in [0.25, 0.3) is 0 Å². The summed E-state index contributed by atoms with van der Waals surface area (Å²) in [4.78, 5) is 22.3. The van der Waals surface area contributed by atoms with Gasteiger partial charge in [-0.1, -0.05) is 6.92 Å². The fourth-order valence-corrected chi connectivity index (χ4v) is 2.62. The van der Waals surface area contributed by atoms with Crippen LogP contribution < -0.4 is 16.0 Å². The molecule has 0 aliphatic carbocycles. The van der Waals surface area contributed by atoms with Gasteiger partial charge in [0.2, 0.25) is 5.91 Å². The minimum Gasteiger partial charge on any atom is -0.383 e. The van der Waals surface area contributed by atoms with Gasteiger partial charge in [0, 0.05) is 25.7 Å². The summed E-state index contributed by atoms with van der Waals surface area (Å²) in [5, 5.41) is 2.72. The van der Waals surface area contributed by atoms with E-state index < -0.39 is 0 Å². The largest absolute Gasteiger partial charge is 0.383 e. The van der Waals surface area contributed by atoms with Gasteiger partial charge in [0.25, 0.3) is 0 Å².